The third kappa shape index (κ3) is 2.68. The lowest BCUT2D eigenvalue weighted by atomic mass is 9.94. The van der Waals surface area contributed by atoms with Crippen molar-refractivity contribution in [3.05, 3.63) is 35.2 Å². The summed E-state index contributed by atoms with van der Waals surface area (Å²) in [6.07, 6.45) is 4.64. The standard InChI is InChI=1S/C20H23FN2O3/c1-19(2,3)26-18(25)23-9-5-4-6-15(23)12-10-13-16(14(21)11-12)22-17(24)20(13)7-8-20/h6,10-11H,4-5,7-9H2,1-3H3,(H,22,24). The smallest absolute Gasteiger partial charge is 0.414 e. The number of allylic oxidation sites excluding steroid dienone is 1. The van der Waals surface area contributed by atoms with E-state index in [-0.39, 0.29) is 11.6 Å². The Morgan fingerprint density at radius 1 is 1.31 bits per heavy atom. The van der Waals surface area contributed by atoms with Gasteiger partial charge in [-0.2, -0.15) is 0 Å². The molecule has 0 radical (unpaired) electrons. The zero-order chi connectivity index (χ0) is 18.7. The zero-order valence-corrected chi connectivity index (χ0v) is 15.3. The number of hydrogen-bond donors (Lipinski definition) is 1. The van der Waals surface area contributed by atoms with Crippen molar-refractivity contribution in [2.45, 2.75) is 57.5 Å². The summed E-state index contributed by atoms with van der Waals surface area (Å²) in [4.78, 5) is 26.4. The first-order valence-electron chi connectivity index (χ1n) is 9.08. The molecule has 0 bridgehead atoms. The van der Waals surface area contributed by atoms with Gasteiger partial charge >= 0.3 is 6.09 Å². The first-order valence-corrected chi connectivity index (χ1v) is 9.08. The molecule has 0 unspecified atom stereocenters. The fourth-order valence-corrected chi connectivity index (χ4v) is 3.74. The second-order valence-corrected chi connectivity index (χ2v) is 8.28. The van der Waals surface area contributed by atoms with Gasteiger partial charge in [0.05, 0.1) is 16.8 Å². The molecule has 6 heteroatoms. The number of carbonyl (C=O) groups is 2. The van der Waals surface area contributed by atoms with E-state index < -0.39 is 22.9 Å². The van der Waals surface area contributed by atoms with E-state index in [1.54, 1.807) is 4.90 Å². The van der Waals surface area contributed by atoms with Crippen LogP contribution >= 0.6 is 0 Å². The van der Waals surface area contributed by atoms with E-state index in [1.807, 2.05) is 32.9 Å². The molecule has 1 fully saturated rings. The van der Waals surface area contributed by atoms with Gasteiger partial charge in [0.1, 0.15) is 11.4 Å². The number of halogens is 1. The van der Waals surface area contributed by atoms with E-state index in [9.17, 15) is 14.0 Å². The van der Waals surface area contributed by atoms with Gasteiger partial charge < -0.3 is 10.1 Å². The highest BCUT2D eigenvalue weighted by molar-refractivity contribution is 6.08. The minimum atomic E-state index is -0.600. The van der Waals surface area contributed by atoms with Crippen LogP contribution in [0.5, 0.6) is 0 Å². The Balaban J connectivity index is 1.72. The molecule has 0 aromatic heterocycles. The van der Waals surface area contributed by atoms with Crippen LogP contribution in [0, 0.1) is 5.82 Å². The summed E-state index contributed by atoms with van der Waals surface area (Å²) in [5, 5.41) is 2.67. The monoisotopic (exact) mass is 358 g/mol. The highest BCUT2D eigenvalue weighted by atomic mass is 19.1. The maximum absolute atomic E-state index is 14.7. The maximum Gasteiger partial charge on any atom is 0.414 e. The molecule has 3 aliphatic rings. The summed E-state index contributed by atoms with van der Waals surface area (Å²) < 4.78 is 20.2. The Morgan fingerprint density at radius 3 is 2.69 bits per heavy atom. The van der Waals surface area contributed by atoms with Crippen LogP contribution in [0.4, 0.5) is 14.9 Å². The number of carbonyl (C=O) groups excluding carboxylic acids is 2. The molecule has 1 aromatic rings. The number of fused-ring (bicyclic) bond motifs is 2. The average Bonchev–Trinajstić information content (AvgIpc) is 3.31. The van der Waals surface area contributed by atoms with E-state index in [2.05, 4.69) is 5.32 Å². The summed E-state index contributed by atoms with van der Waals surface area (Å²) in [5.74, 6) is -0.574. The second-order valence-electron chi connectivity index (χ2n) is 8.28. The molecule has 26 heavy (non-hydrogen) atoms. The van der Waals surface area contributed by atoms with Gasteiger partial charge in [0.15, 0.2) is 0 Å². The van der Waals surface area contributed by atoms with Crippen LogP contribution < -0.4 is 5.32 Å². The number of nitrogens with zero attached hydrogens (tertiary/aromatic N) is 1. The van der Waals surface area contributed by atoms with Gasteiger partial charge in [-0.15, -0.1) is 0 Å². The fraction of sp³-hybridized carbons (Fsp3) is 0.500. The van der Waals surface area contributed by atoms with E-state index in [4.69, 9.17) is 4.74 Å². The molecule has 1 aromatic carbocycles. The molecule has 1 saturated carbocycles. The van der Waals surface area contributed by atoms with Gasteiger partial charge in [-0.1, -0.05) is 6.08 Å². The van der Waals surface area contributed by atoms with Crippen molar-refractivity contribution in [1.29, 1.82) is 0 Å². The quantitative estimate of drug-likeness (QED) is 0.819. The van der Waals surface area contributed by atoms with Crippen molar-refractivity contribution in [2.24, 2.45) is 0 Å². The first kappa shape index (κ1) is 17.1. The number of rotatable bonds is 1. The lowest BCUT2D eigenvalue weighted by Gasteiger charge is -2.31. The van der Waals surface area contributed by atoms with Crippen LogP contribution in [0.15, 0.2) is 18.2 Å². The molecule has 1 N–H and O–H groups in total. The molecule has 0 saturated heterocycles. The number of ether oxygens (including phenoxy) is 1. The lowest BCUT2D eigenvalue weighted by Crippen LogP contribution is -2.37. The third-order valence-corrected chi connectivity index (χ3v) is 5.15. The van der Waals surface area contributed by atoms with E-state index in [0.29, 0.717) is 23.4 Å². The van der Waals surface area contributed by atoms with Crippen LogP contribution in [0.2, 0.25) is 0 Å². The molecule has 4 rings (SSSR count). The van der Waals surface area contributed by atoms with Gasteiger partial charge in [-0.3, -0.25) is 9.69 Å². The van der Waals surface area contributed by atoms with E-state index in [1.165, 1.54) is 6.07 Å². The molecule has 2 heterocycles. The Labute approximate surface area is 152 Å². The predicted octanol–water partition coefficient (Wildman–Crippen LogP) is 4.18. The Hall–Kier alpha value is -2.37. The largest absolute Gasteiger partial charge is 0.443 e. The minimum absolute atomic E-state index is 0.120. The van der Waals surface area contributed by atoms with Crippen LogP contribution in [-0.4, -0.2) is 29.0 Å². The van der Waals surface area contributed by atoms with Crippen molar-refractivity contribution in [3.63, 3.8) is 0 Å². The number of nitrogens with one attached hydrogen (secondary N) is 1. The zero-order valence-electron chi connectivity index (χ0n) is 15.3. The van der Waals surface area contributed by atoms with Crippen molar-refractivity contribution in [1.82, 2.24) is 4.90 Å². The van der Waals surface area contributed by atoms with Gasteiger partial charge in [0.2, 0.25) is 5.91 Å². The predicted molar refractivity (Wildman–Crippen MR) is 96.1 cm³/mol. The number of amides is 2. The summed E-state index contributed by atoms with van der Waals surface area (Å²) in [7, 11) is 0. The van der Waals surface area contributed by atoms with Gasteiger partial charge in [-0.25, -0.2) is 9.18 Å². The molecule has 1 spiro atoms. The first-order chi connectivity index (χ1) is 12.2. The molecule has 138 valence electrons. The second kappa shape index (κ2) is 5.56. The average molecular weight is 358 g/mol. The third-order valence-electron chi connectivity index (χ3n) is 5.15. The van der Waals surface area contributed by atoms with E-state index >= 15 is 0 Å². The maximum atomic E-state index is 14.7. The van der Waals surface area contributed by atoms with Crippen molar-refractivity contribution in [3.8, 4) is 0 Å². The summed E-state index contributed by atoms with van der Waals surface area (Å²) >= 11 is 0. The van der Waals surface area contributed by atoms with Crippen molar-refractivity contribution in [2.75, 3.05) is 11.9 Å². The Morgan fingerprint density at radius 2 is 2.04 bits per heavy atom. The number of anilines is 1. The molecule has 5 nitrogen and oxygen atoms in total. The fourth-order valence-electron chi connectivity index (χ4n) is 3.74. The van der Waals surface area contributed by atoms with Gasteiger partial charge in [0, 0.05) is 12.1 Å². The van der Waals surface area contributed by atoms with Crippen LogP contribution in [0.25, 0.3) is 5.70 Å². The summed E-state index contributed by atoms with van der Waals surface area (Å²) in [5.41, 5.74) is 1.11. The van der Waals surface area contributed by atoms with E-state index in [0.717, 1.165) is 25.7 Å². The minimum Gasteiger partial charge on any atom is -0.443 e. The lowest BCUT2D eigenvalue weighted by molar-refractivity contribution is -0.117. The number of hydrogen-bond acceptors (Lipinski definition) is 3. The SMILES string of the molecule is CC(C)(C)OC(=O)N1CCCC=C1c1cc(F)c2c(c1)C1(CC1)C(=O)N2. The Kier molecular flexibility index (Phi) is 3.65. The summed E-state index contributed by atoms with van der Waals surface area (Å²) in [6, 6.07) is 3.26. The van der Waals surface area contributed by atoms with Crippen molar-refractivity contribution < 1.29 is 18.7 Å². The van der Waals surface area contributed by atoms with Crippen LogP contribution in [-0.2, 0) is 14.9 Å². The van der Waals surface area contributed by atoms with Crippen LogP contribution in [0.3, 0.4) is 0 Å². The molecular weight excluding hydrogens is 335 g/mol. The Bertz CT molecular complexity index is 834. The number of benzene rings is 1. The van der Waals surface area contributed by atoms with Crippen LogP contribution in [0.1, 0.15) is 57.6 Å². The summed E-state index contributed by atoms with van der Waals surface area (Å²) in [6.45, 7) is 5.99. The van der Waals surface area contributed by atoms with Gasteiger partial charge in [0.25, 0.3) is 0 Å². The normalized spacial score (nSPS) is 20.5. The highest BCUT2D eigenvalue weighted by Crippen LogP contribution is 2.56. The molecule has 1 aliphatic carbocycles. The molecule has 0 atom stereocenters. The molecule has 2 aliphatic heterocycles. The topological polar surface area (TPSA) is 58.6 Å². The molecule has 2 amide bonds. The highest BCUT2D eigenvalue weighted by Gasteiger charge is 2.57. The molecular formula is C20H23FN2O3. The van der Waals surface area contributed by atoms with Gasteiger partial charge in [-0.05, 0) is 64.2 Å². The van der Waals surface area contributed by atoms with Crippen molar-refractivity contribution >= 4 is 23.4 Å².